The maximum atomic E-state index is 12.1. The second-order valence-corrected chi connectivity index (χ2v) is 6.75. The molecule has 0 saturated carbocycles. The Morgan fingerprint density at radius 1 is 0.963 bits per heavy atom. The fourth-order valence-electron chi connectivity index (χ4n) is 2.85. The van der Waals surface area contributed by atoms with Crippen molar-refractivity contribution in [3.8, 4) is 0 Å². The summed E-state index contributed by atoms with van der Waals surface area (Å²) >= 11 is 0. The van der Waals surface area contributed by atoms with Gasteiger partial charge in [-0.25, -0.2) is 0 Å². The smallest absolute Gasteiger partial charge is 0.251 e. The lowest BCUT2D eigenvalue weighted by Gasteiger charge is -2.25. The van der Waals surface area contributed by atoms with Gasteiger partial charge in [-0.3, -0.25) is 9.59 Å². The summed E-state index contributed by atoms with van der Waals surface area (Å²) in [7, 11) is 4.01. The molecule has 0 bridgehead atoms. The number of hydrogen-bond acceptors (Lipinski definition) is 3. The van der Waals surface area contributed by atoms with Crippen molar-refractivity contribution in [3.05, 3.63) is 71.3 Å². The molecule has 2 aromatic rings. The largest absolute Gasteiger partial charge is 0.354 e. The zero-order valence-electron chi connectivity index (χ0n) is 16.4. The highest BCUT2D eigenvalue weighted by Gasteiger charge is 2.15. The normalized spacial score (nSPS) is 11.9. The molecule has 2 aromatic carbocycles. The van der Waals surface area contributed by atoms with E-state index in [1.807, 2.05) is 32.3 Å². The van der Waals surface area contributed by atoms with Crippen LogP contribution in [0.3, 0.4) is 0 Å². The molecule has 27 heavy (non-hydrogen) atoms. The van der Waals surface area contributed by atoms with E-state index < -0.39 is 0 Å². The first kappa shape index (κ1) is 20.6. The average molecular weight is 367 g/mol. The highest BCUT2D eigenvalue weighted by molar-refractivity contribution is 5.94. The van der Waals surface area contributed by atoms with Crippen LogP contribution in [0.25, 0.3) is 0 Å². The third-order valence-electron chi connectivity index (χ3n) is 4.56. The Balaban J connectivity index is 1.79. The molecule has 0 aliphatic rings. The van der Waals surface area contributed by atoms with Gasteiger partial charge in [-0.1, -0.05) is 49.4 Å². The summed E-state index contributed by atoms with van der Waals surface area (Å²) in [5.74, 6) is -0.231. The van der Waals surface area contributed by atoms with Gasteiger partial charge in [0.05, 0.1) is 6.04 Å². The predicted molar refractivity (Wildman–Crippen MR) is 109 cm³/mol. The first-order chi connectivity index (χ1) is 13.0. The highest BCUT2D eigenvalue weighted by atomic mass is 16.2. The number of benzene rings is 2. The monoisotopic (exact) mass is 367 g/mol. The fourth-order valence-corrected chi connectivity index (χ4v) is 2.85. The van der Waals surface area contributed by atoms with Gasteiger partial charge >= 0.3 is 0 Å². The van der Waals surface area contributed by atoms with Gasteiger partial charge in [0.1, 0.15) is 0 Å². The summed E-state index contributed by atoms with van der Waals surface area (Å²) in [5, 5.41) is 5.75. The second-order valence-electron chi connectivity index (χ2n) is 6.75. The summed E-state index contributed by atoms with van der Waals surface area (Å²) in [6, 6.07) is 17.6. The van der Waals surface area contributed by atoms with Crippen LogP contribution in [0.2, 0.25) is 0 Å². The number of nitrogens with one attached hydrogen (secondary N) is 2. The fraction of sp³-hybridized carbons (Fsp3) is 0.364. The van der Waals surface area contributed by atoms with Crippen LogP contribution < -0.4 is 10.6 Å². The standard InChI is InChI=1S/C22H29N3O2/c1-4-17-10-12-18(13-11-17)20(25(2)3)16-24-21(26)14-15-23-22(27)19-8-6-5-7-9-19/h5-13,20H,4,14-16H2,1-3H3,(H,23,27)(H,24,26). The molecule has 0 aromatic heterocycles. The summed E-state index contributed by atoms with van der Waals surface area (Å²) < 4.78 is 0. The number of carbonyl (C=O) groups is 2. The number of likely N-dealkylation sites (N-methyl/N-ethyl adjacent to an activating group) is 1. The molecule has 2 N–H and O–H groups in total. The quantitative estimate of drug-likeness (QED) is 0.716. The SMILES string of the molecule is CCc1ccc(C(CNC(=O)CCNC(=O)c2ccccc2)N(C)C)cc1. The van der Waals surface area contributed by atoms with Crippen LogP contribution in [0, 0.1) is 0 Å². The molecule has 0 saturated heterocycles. The van der Waals surface area contributed by atoms with Crippen molar-refractivity contribution in [1.29, 1.82) is 0 Å². The number of hydrogen-bond donors (Lipinski definition) is 2. The Labute approximate surface area is 161 Å². The number of rotatable bonds is 9. The van der Waals surface area contributed by atoms with Crippen molar-refractivity contribution in [2.75, 3.05) is 27.2 Å². The van der Waals surface area contributed by atoms with Crippen LogP contribution in [0.15, 0.2) is 54.6 Å². The van der Waals surface area contributed by atoms with Crippen molar-refractivity contribution in [2.24, 2.45) is 0 Å². The molecular weight excluding hydrogens is 338 g/mol. The molecule has 0 spiro atoms. The molecular formula is C22H29N3O2. The molecule has 2 rings (SSSR count). The summed E-state index contributed by atoms with van der Waals surface area (Å²) in [4.78, 5) is 26.2. The number of aryl methyl sites for hydroxylation is 1. The van der Waals surface area contributed by atoms with Gasteiger partial charge in [0, 0.05) is 25.1 Å². The predicted octanol–water partition coefficient (Wildman–Crippen LogP) is 2.79. The Morgan fingerprint density at radius 3 is 2.22 bits per heavy atom. The molecule has 144 valence electrons. The molecule has 0 aliphatic carbocycles. The maximum Gasteiger partial charge on any atom is 0.251 e. The first-order valence-corrected chi connectivity index (χ1v) is 9.36. The van der Waals surface area contributed by atoms with Crippen molar-refractivity contribution in [2.45, 2.75) is 25.8 Å². The van der Waals surface area contributed by atoms with E-state index in [2.05, 4.69) is 46.7 Å². The minimum Gasteiger partial charge on any atom is -0.354 e. The zero-order valence-corrected chi connectivity index (χ0v) is 16.4. The third-order valence-corrected chi connectivity index (χ3v) is 4.56. The minimum atomic E-state index is -0.161. The Bertz CT molecular complexity index is 727. The second kappa shape index (κ2) is 10.5. The van der Waals surface area contributed by atoms with E-state index in [0.717, 1.165) is 6.42 Å². The lowest BCUT2D eigenvalue weighted by molar-refractivity contribution is -0.121. The van der Waals surface area contributed by atoms with Crippen molar-refractivity contribution in [3.63, 3.8) is 0 Å². The van der Waals surface area contributed by atoms with E-state index in [1.54, 1.807) is 12.1 Å². The molecule has 1 unspecified atom stereocenters. The molecule has 5 nitrogen and oxygen atoms in total. The van der Waals surface area contributed by atoms with E-state index in [4.69, 9.17) is 0 Å². The first-order valence-electron chi connectivity index (χ1n) is 9.36. The summed E-state index contributed by atoms with van der Waals surface area (Å²) in [6.45, 7) is 2.98. The number of amides is 2. The topological polar surface area (TPSA) is 61.4 Å². The molecule has 5 heteroatoms. The molecule has 0 heterocycles. The van der Waals surface area contributed by atoms with Crippen LogP contribution >= 0.6 is 0 Å². The van der Waals surface area contributed by atoms with Crippen molar-refractivity contribution >= 4 is 11.8 Å². The van der Waals surface area contributed by atoms with Gasteiger partial charge in [0.2, 0.25) is 5.91 Å². The molecule has 0 fully saturated rings. The molecule has 0 radical (unpaired) electrons. The van der Waals surface area contributed by atoms with Gasteiger partial charge in [0.15, 0.2) is 0 Å². The number of carbonyl (C=O) groups excluding carboxylic acids is 2. The van der Waals surface area contributed by atoms with Crippen molar-refractivity contribution in [1.82, 2.24) is 15.5 Å². The summed E-state index contributed by atoms with van der Waals surface area (Å²) in [6.07, 6.45) is 1.27. The van der Waals surface area contributed by atoms with Gasteiger partial charge in [-0.05, 0) is 43.8 Å². The zero-order chi connectivity index (χ0) is 19.6. The van der Waals surface area contributed by atoms with E-state index >= 15 is 0 Å². The maximum absolute atomic E-state index is 12.1. The van der Waals surface area contributed by atoms with Crippen molar-refractivity contribution < 1.29 is 9.59 Å². The molecule has 2 amide bonds. The van der Waals surface area contributed by atoms with Crippen LogP contribution in [-0.2, 0) is 11.2 Å². The Hall–Kier alpha value is -2.66. The summed E-state index contributed by atoms with van der Waals surface area (Å²) in [5.41, 5.74) is 3.07. The Morgan fingerprint density at radius 2 is 1.63 bits per heavy atom. The highest BCUT2D eigenvalue weighted by Crippen LogP contribution is 2.18. The van der Waals surface area contributed by atoms with Crippen LogP contribution in [-0.4, -0.2) is 43.9 Å². The lowest BCUT2D eigenvalue weighted by atomic mass is 10.0. The van der Waals surface area contributed by atoms with E-state index in [9.17, 15) is 9.59 Å². The van der Waals surface area contributed by atoms with Gasteiger partial charge in [-0.2, -0.15) is 0 Å². The van der Waals surface area contributed by atoms with Gasteiger partial charge < -0.3 is 15.5 Å². The van der Waals surface area contributed by atoms with Gasteiger partial charge in [0.25, 0.3) is 5.91 Å². The van der Waals surface area contributed by atoms with E-state index in [0.29, 0.717) is 18.7 Å². The van der Waals surface area contributed by atoms with Crippen LogP contribution in [0.4, 0.5) is 0 Å². The average Bonchev–Trinajstić information content (AvgIpc) is 2.69. The van der Waals surface area contributed by atoms with E-state index in [1.165, 1.54) is 11.1 Å². The van der Waals surface area contributed by atoms with Gasteiger partial charge in [-0.15, -0.1) is 0 Å². The minimum absolute atomic E-state index is 0.0691. The van der Waals surface area contributed by atoms with E-state index in [-0.39, 0.29) is 24.3 Å². The molecule has 0 aliphatic heterocycles. The van der Waals surface area contributed by atoms with Crippen LogP contribution in [0.1, 0.15) is 40.9 Å². The lowest BCUT2D eigenvalue weighted by Crippen LogP contribution is -2.36. The molecule has 1 atom stereocenters. The third kappa shape index (κ3) is 6.53. The number of nitrogens with zero attached hydrogens (tertiary/aromatic N) is 1. The Kier molecular flexibility index (Phi) is 8.01. The van der Waals surface area contributed by atoms with Crippen LogP contribution in [0.5, 0.6) is 0 Å².